The summed E-state index contributed by atoms with van der Waals surface area (Å²) in [7, 11) is 0. The number of nitrogens with zero attached hydrogens (tertiary/aromatic N) is 1. The molecule has 19 heavy (non-hydrogen) atoms. The second kappa shape index (κ2) is 5.73. The molecule has 0 spiro atoms. The molecule has 0 radical (unpaired) electrons. The molecule has 0 atom stereocenters. The fourth-order valence-corrected chi connectivity index (χ4v) is 2.10. The van der Waals surface area contributed by atoms with Gasteiger partial charge in [-0.15, -0.1) is 0 Å². The lowest BCUT2D eigenvalue weighted by molar-refractivity contribution is -0.121. The molecule has 1 heterocycles. The molecule has 1 N–H and O–H groups in total. The van der Waals surface area contributed by atoms with Crippen LogP contribution in [0, 0.1) is 0 Å². The van der Waals surface area contributed by atoms with Crippen molar-refractivity contribution in [3.8, 4) is 5.75 Å². The molecule has 0 saturated heterocycles. The number of rotatable bonds is 5. The van der Waals surface area contributed by atoms with E-state index in [2.05, 4.69) is 6.92 Å². The van der Waals surface area contributed by atoms with Crippen LogP contribution in [0.4, 0.5) is 5.69 Å². The van der Waals surface area contributed by atoms with Crippen molar-refractivity contribution in [3.63, 3.8) is 0 Å². The predicted molar refractivity (Wildman–Crippen MR) is 70.8 cm³/mol. The smallest absolute Gasteiger partial charge is 0.335 e. The summed E-state index contributed by atoms with van der Waals surface area (Å²) in [5, 5.41) is 9.01. The minimum atomic E-state index is -1.01. The average Bonchev–Trinajstić information content (AvgIpc) is 2.40. The standard InChI is InChI=1S/C14H17NO4/c1-2-3-4-7-15-11-8-10(14(17)18)5-6-12(11)19-9-13(15)16/h5-6,8H,2-4,7,9H2,1H3,(H,17,18). The third kappa shape index (κ3) is 2.86. The first kappa shape index (κ1) is 13.4. The highest BCUT2D eigenvalue weighted by Gasteiger charge is 2.25. The Morgan fingerprint density at radius 2 is 2.21 bits per heavy atom. The molecule has 1 aromatic carbocycles. The summed E-state index contributed by atoms with van der Waals surface area (Å²) in [6.45, 7) is 2.72. The van der Waals surface area contributed by atoms with Crippen LogP contribution in [0.5, 0.6) is 5.75 Å². The maximum Gasteiger partial charge on any atom is 0.335 e. The van der Waals surface area contributed by atoms with E-state index in [1.54, 1.807) is 11.0 Å². The lowest BCUT2D eigenvalue weighted by Crippen LogP contribution is -2.39. The Labute approximate surface area is 111 Å². The Balaban J connectivity index is 2.27. The summed E-state index contributed by atoms with van der Waals surface area (Å²) in [5.41, 5.74) is 0.727. The first-order valence-electron chi connectivity index (χ1n) is 6.44. The third-order valence-corrected chi connectivity index (χ3v) is 3.13. The van der Waals surface area contributed by atoms with Gasteiger partial charge in [-0.3, -0.25) is 4.79 Å². The highest BCUT2D eigenvalue weighted by Crippen LogP contribution is 2.33. The second-order valence-electron chi connectivity index (χ2n) is 4.53. The van der Waals surface area contributed by atoms with Crippen LogP contribution in [0.25, 0.3) is 0 Å². The molecular formula is C14H17NO4. The van der Waals surface area contributed by atoms with Gasteiger partial charge in [-0.25, -0.2) is 4.79 Å². The number of unbranched alkanes of at least 4 members (excludes halogenated alkanes) is 2. The highest BCUT2D eigenvalue weighted by molar-refractivity contribution is 5.99. The van der Waals surface area contributed by atoms with Crippen molar-refractivity contribution in [1.82, 2.24) is 0 Å². The fourth-order valence-electron chi connectivity index (χ4n) is 2.10. The summed E-state index contributed by atoms with van der Waals surface area (Å²) < 4.78 is 5.32. The highest BCUT2D eigenvalue weighted by atomic mass is 16.5. The van der Waals surface area contributed by atoms with Crippen molar-refractivity contribution in [1.29, 1.82) is 0 Å². The summed E-state index contributed by atoms with van der Waals surface area (Å²) in [6, 6.07) is 4.60. The third-order valence-electron chi connectivity index (χ3n) is 3.13. The maximum absolute atomic E-state index is 11.9. The van der Waals surface area contributed by atoms with Crippen LogP contribution in [0.3, 0.4) is 0 Å². The number of aromatic carboxylic acids is 1. The Morgan fingerprint density at radius 1 is 1.42 bits per heavy atom. The zero-order valence-corrected chi connectivity index (χ0v) is 10.9. The minimum Gasteiger partial charge on any atom is -0.482 e. The van der Waals surface area contributed by atoms with Gasteiger partial charge in [0, 0.05) is 6.54 Å². The monoisotopic (exact) mass is 263 g/mol. The molecule has 1 amide bonds. The van der Waals surface area contributed by atoms with Gasteiger partial charge in [0.15, 0.2) is 6.61 Å². The number of benzene rings is 1. The van der Waals surface area contributed by atoms with Gasteiger partial charge in [-0.2, -0.15) is 0 Å². The van der Waals surface area contributed by atoms with Crippen LogP contribution in [0.2, 0.25) is 0 Å². The number of amides is 1. The number of anilines is 1. The molecule has 0 aliphatic carbocycles. The van der Waals surface area contributed by atoms with Gasteiger partial charge >= 0.3 is 5.97 Å². The van der Waals surface area contributed by atoms with Gasteiger partial charge in [0.05, 0.1) is 11.3 Å². The normalized spacial score (nSPS) is 13.9. The second-order valence-corrected chi connectivity index (χ2v) is 4.53. The van der Waals surface area contributed by atoms with E-state index in [0.717, 1.165) is 19.3 Å². The molecule has 102 valence electrons. The Kier molecular flexibility index (Phi) is 4.04. The number of ether oxygens (including phenoxy) is 1. The van der Waals surface area contributed by atoms with E-state index < -0.39 is 5.97 Å². The molecule has 1 aliphatic rings. The molecule has 1 aliphatic heterocycles. The van der Waals surface area contributed by atoms with E-state index >= 15 is 0 Å². The molecule has 0 unspecified atom stereocenters. The van der Waals surface area contributed by atoms with Gasteiger partial charge in [0.25, 0.3) is 5.91 Å². The van der Waals surface area contributed by atoms with Crippen molar-refractivity contribution in [2.45, 2.75) is 26.2 Å². The van der Waals surface area contributed by atoms with Crippen molar-refractivity contribution in [2.75, 3.05) is 18.1 Å². The molecule has 0 fully saturated rings. The molecule has 5 nitrogen and oxygen atoms in total. The van der Waals surface area contributed by atoms with Gasteiger partial charge < -0.3 is 14.7 Å². The number of fused-ring (bicyclic) bond motifs is 1. The van der Waals surface area contributed by atoms with Gasteiger partial charge in [-0.1, -0.05) is 19.8 Å². The molecule has 5 heteroatoms. The van der Waals surface area contributed by atoms with E-state index in [4.69, 9.17) is 9.84 Å². The van der Waals surface area contributed by atoms with E-state index in [-0.39, 0.29) is 18.1 Å². The topological polar surface area (TPSA) is 66.8 Å². The fraction of sp³-hybridized carbons (Fsp3) is 0.429. The zero-order valence-electron chi connectivity index (χ0n) is 10.9. The minimum absolute atomic E-state index is 0.0194. The molecule has 1 aromatic rings. The van der Waals surface area contributed by atoms with Crippen LogP contribution in [0.1, 0.15) is 36.5 Å². The Bertz CT molecular complexity index is 498. The van der Waals surface area contributed by atoms with Gasteiger partial charge in [0.2, 0.25) is 0 Å². The number of carboxylic acids is 1. The van der Waals surface area contributed by atoms with Crippen molar-refractivity contribution >= 4 is 17.6 Å². The van der Waals surface area contributed by atoms with Crippen LogP contribution < -0.4 is 9.64 Å². The molecular weight excluding hydrogens is 246 g/mol. The van der Waals surface area contributed by atoms with E-state index in [0.29, 0.717) is 18.0 Å². The SMILES string of the molecule is CCCCCN1C(=O)COc2ccc(C(=O)O)cc21. The molecule has 2 rings (SSSR count). The van der Waals surface area contributed by atoms with Gasteiger partial charge in [-0.05, 0) is 24.6 Å². The van der Waals surface area contributed by atoms with Crippen molar-refractivity contribution in [2.24, 2.45) is 0 Å². The predicted octanol–water partition coefficient (Wildman–Crippen LogP) is 2.30. The summed E-state index contributed by atoms with van der Waals surface area (Å²) in [4.78, 5) is 24.5. The Morgan fingerprint density at radius 3 is 2.89 bits per heavy atom. The number of hydrogen-bond donors (Lipinski definition) is 1. The van der Waals surface area contributed by atoms with Crippen LogP contribution in [-0.4, -0.2) is 30.1 Å². The summed E-state index contributed by atoms with van der Waals surface area (Å²) in [5.74, 6) is -0.554. The maximum atomic E-state index is 11.9. The van der Waals surface area contributed by atoms with E-state index in [1.807, 2.05) is 0 Å². The average molecular weight is 263 g/mol. The number of carboxylic acid groups (broad SMARTS) is 1. The zero-order chi connectivity index (χ0) is 13.8. The first-order valence-corrected chi connectivity index (χ1v) is 6.44. The summed E-state index contributed by atoms with van der Waals surface area (Å²) in [6.07, 6.45) is 3.01. The number of hydrogen-bond acceptors (Lipinski definition) is 3. The van der Waals surface area contributed by atoms with Crippen LogP contribution in [0.15, 0.2) is 18.2 Å². The van der Waals surface area contributed by atoms with Crippen LogP contribution >= 0.6 is 0 Å². The van der Waals surface area contributed by atoms with E-state index in [1.165, 1.54) is 12.1 Å². The summed E-state index contributed by atoms with van der Waals surface area (Å²) >= 11 is 0. The lowest BCUT2D eigenvalue weighted by atomic mass is 10.1. The molecule has 0 saturated carbocycles. The van der Waals surface area contributed by atoms with Gasteiger partial charge in [0.1, 0.15) is 5.75 Å². The molecule has 0 bridgehead atoms. The van der Waals surface area contributed by atoms with Crippen LogP contribution in [-0.2, 0) is 4.79 Å². The quantitative estimate of drug-likeness (QED) is 0.828. The Hall–Kier alpha value is -2.04. The first-order chi connectivity index (χ1) is 9.13. The number of carbonyl (C=O) groups excluding carboxylic acids is 1. The largest absolute Gasteiger partial charge is 0.482 e. The van der Waals surface area contributed by atoms with E-state index in [9.17, 15) is 9.59 Å². The van der Waals surface area contributed by atoms with Crippen molar-refractivity contribution < 1.29 is 19.4 Å². The lowest BCUT2D eigenvalue weighted by Gasteiger charge is -2.29. The molecule has 0 aromatic heterocycles. The van der Waals surface area contributed by atoms with Crippen molar-refractivity contribution in [3.05, 3.63) is 23.8 Å². The number of carbonyl (C=O) groups is 2.